The molecule has 1 N–H and O–H groups in total. The second-order valence-corrected chi connectivity index (χ2v) is 15.7. The van der Waals surface area contributed by atoms with Gasteiger partial charge >= 0.3 is 5.97 Å². The van der Waals surface area contributed by atoms with Crippen molar-refractivity contribution >= 4 is 27.1 Å². The molecule has 1 aliphatic carbocycles. The smallest absolute Gasteiger partial charge is 0.355 e. The van der Waals surface area contributed by atoms with Gasteiger partial charge in [0.15, 0.2) is 15.5 Å². The molecule has 46 heavy (non-hydrogen) atoms. The Morgan fingerprint density at radius 2 is 1.70 bits per heavy atom. The number of carboxylic acid groups (broad SMARTS) is 1. The molecule has 0 saturated heterocycles. The summed E-state index contributed by atoms with van der Waals surface area (Å²) in [6.45, 7) is 6.34. The molecule has 2 aromatic heterocycles. The molecular weight excluding hydrogens is 629 g/mol. The number of sulfone groups is 1. The van der Waals surface area contributed by atoms with Gasteiger partial charge in [0.2, 0.25) is 5.13 Å². The van der Waals surface area contributed by atoms with Crippen molar-refractivity contribution in [3.05, 3.63) is 106 Å². The third-order valence-electron chi connectivity index (χ3n) is 8.24. The van der Waals surface area contributed by atoms with Crippen LogP contribution in [0.25, 0.3) is 27.5 Å². The van der Waals surface area contributed by atoms with Crippen LogP contribution in [0.2, 0.25) is 0 Å². The summed E-state index contributed by atoms with van der Waals surface area (Å²) < 4.78 is 56.2. The highest BCUT2D eigenvalue weighted by Gasteiger charge is 2.30. The standard InChI is InChI=1S/C35H33F2N3O4S2/c1-35(2,3)24-11-8-22(9-12-24)25-18-23(10-13-27(25)36)32-26(15-21-7-14-31(28(37)16-21)46(4,43)44)30(17-20-5-6-20)40(39-32)34-38-29(19-45-34)33(41)42/h7-14,16,18-20H,5-6,15,17H2,1-4H3,(H,41,42). The molecule has 5 aromatic rings. The van der Waals surface area contributed by atoms with Crippen molar-refractivity contribution < 1.29 is 27.1 Å². The topological polar surface area (TPSA) is 102 Å². The highest BCUT2D eigenvalue weighted by molar-refractivity contribution is 7.90. The van der Waals surface area contributed by atoms with Crippen molar-refractivity contribution in [1.82, 2.24) is 14.8 Å². The Kier molecular flexibility index (Phi) is 8.18. The lowest BCUT2D eigenvalue weighted by atomic mass is 9.86. The van der Waals surface area contributed by atoms with E-state index in [2.05, 4.69) is 25.8 Å². The Morgan fingerprint density at radius 3 is 2.28 bits per heavy atom. The first-order chi connectivity index (χ1) is 21.7. The van der Waals surface area contributed by atoms with E-state index in [0.717, 1.165) is 47.3 Å². The number of carbonyl (C=O) groups is 1. The molecule has 0 atom stereocenters. The van der Waals surface area contributed by atoms with Gasteiger partial charge in [0, 0.05) is 34.7 Å². The summed E-state index contributed by atoms with van der Waals surface area (Å²) in [6.07, 6.45) is 3.87. The largest absolute Gasteiger partial charge is 0.476 e. The van der Waals surface area contributed by atoms with Crippen molar-refractivity contribution in [3.8, 4) is 27.5 Å². The Morgan fingerprint density at radius 1 is 1.00 bits per heavy atom. The maximum absolute atomic E-state index is 15.4. The summed E-state index contributed by atoms with van der Waals surface area (Å²) in [6, 6.07) is 16.6. The summed E-state index contributed by atoms with van der Waals surface area (Å²) in [5, 5.41) is 16.3. The number of thiazole rings is 1. The predicted molar refractivity (Wildman–Crippen MR) is 174 cm³/mol. The van der Waals surface area contributed by atoms with Crippen LogP contribution in [-0.4, -0.2) is 40.5 Å². The fraction of sp³-hybridized carbons (Fsp3) is 0.286. The highest BCUT2D eigenvalue weighted by Crippen LogP contribution is 2.39. The third-order valence-corrected chi connectivity index (χ3v) is 10.2. The summed E-state index contributed by atoms with van der Waals surface area (Å²) in [5.74, 6) is -1.99. The number of hydrogen-bond acceptors (Lipinski definition) is 6. The number of hydrogen-bond donors (Lipinski definition) is 1. The van der Waals surface area contributed by atoms with Gasteiger partial charge in [-0.1, -0.05) is 51.1 Å². The van der Waals surface area contributed by atoms with Gasteiger partial charge in [0.1, 0.15) is 16.5 Å². The molecule has 1 fully saturated rings. The predicted octanol–water partition coefficient (Wildman–Crippen LogP) is 7.88. The van der Waals surface area contributed by atoms with E-state index < -0.39 is 27.4 Å². The van der Waals surface area contributed by atoms with Crippen LogP contribution in [0.3, 0.4) is 0 Å². The van der Waals surface area contributed by atoms with E-state index in [0.29, 0.717) is 45.4 Å². The van der Waals surface area contributed by atoms with Crippen LogP contribution in [0.15, 0.2) is 70.9 Å². The molecule has 0 aliphatic heterocycles. The number of nitrogens with zero attached hydrogens (tertiary/aromatic N) is 3. The average molecular weight is 662 g/mol. The fourth-order valence-corrected chi connectivity index (χ4v) is 7.03. The maximum Gasteiger partial charge on any atom is 0.355 e. The maximum atomic E-state index is 15.4. The number of aromatic nitrogens is 3. The second kappa shape index (κ2) is 11.9. The van der Waals surface area contributed by atoms with Gasteiger partial charge in [-0.2, -0.15) is 5.10 Å². The van der Waals surface area contributed by atoms with Crippen LogP contribution in [-0.2, 0) is 28.1 Å². The molecule has 0 bridgehead atoms. The SMILES string of the molecule is CC(C)(C)c1ccc(-c2cc(-c3nn(-c4nc(C(=O)O)cs4)c(CC4CC4)c3Cc3ccc(S(C)(=O)=O)c(F)c3)ccc2F)cc1. The lowest BCUT2D eigenvalue weighted by Gasteiger charge is -2.19. The molecule has 1 saturated carbocycles. The van der Waals surface area contributed by atoms with Crippen molar-refractivity contribution in [3.63, 3.8) is 0 Å². The summed E-state index contributed by atoms with van der Waals surface area (Å²) in [7, 11) is -3.75. The lowest BCUT2D eigenvalue weighted by molar-refractivity contribution is 0.0691. The quantitative estimate of drug-likeness (QED) is 0.172. The average Bonchev–Trinajstić information content (AvgIpc) is 3.54. The number of aromatic carboxylic acids is 1. The molecule has 1 aliphatic rings. The minimum atomic E-state index is -3.75. The van der Waals surface area contributed by atoms with Gasteiger partial charge in [0.05, 0.1) is 11.4 Å². The van der Waals surface area contributed by atoms with Crippen LogP contribution < -0.4 is 0 Å². The van der Waals surface area contributed by atoms with Crippen molar-refractivity contribution in [2.75, 3.05) is 6.26 Å². The summed E-state index contributed by atoms with van der Waals surface area (Å²) in [5.41, 5.74) is 5.32. The number of halogens is 2. The minimum absolute atomic E-state index is 0.0616. The highest BCUT2D eigenvalue weighted by atomic mass is 32.2. The van der Waals surface area contributed by atoms with Crippen LogP contribution in [0, 0.1) is 17.6 Å². The second-order valence-electron chi connectivity index (χ2n) is 12.9. The fourth-order valence-electron chi connectivity index (χ4n) is 5.53. The van der Waals surface area contributed by atoms with Gasteiger partial charge in [-0.15, -0.1) is 11.3 Å². The van der Waals surface area contributed by atoms with E-state index in [1.54, 1.807) is 22.9 Å². The molecule has 0 amide bonds. The van der Waals surface area contributed by atoms with E-state index in [1.165, 1.54) is 23.6 Å². The van der Waals surface area contributed by atoms with Gasteiger partial charge in [-0.05, 0) is 77.6 Å². The third kappa shape index (κ3) is 6.52. The number of rotatable bonds is 9. The van der Waals surface area contributed by atoms with E-state index >= 15 is 8.78 Å². The Balaban J connectivity index is 1.52. The zero-order valence-electron chi connectivity index (χ0n) is 25.8. The zero-order valence-corrected chi connectivity index (χ0v) is 27.5. The summed E-state index contributed by atoms with van der Waals surface area (Å²) in [4.78, 5) is 15.6. The molecule has 0 spiro atoms. The summed E-state index contributed by atoms with van der Waals surface area (Å²) >= 11 is 1.15. The minimum Gasteiger partial charge on any atom is -0.476 e. The lowest BCUT2D eigenvalue weighted by Crippen LogP contribution is -2.10. The Hall–Kier alpha value is -4.22. The monoisotopic (exact) mass is 661 g/mol. The van der Waals surface area contributed by atoms with Crippen molar-refractivity contribution in [1.29, 1.82) is 0 Å². The zero-order chi connectivity index (χ0) is 33.0. The van der Waals surface area contributed by atoms with Gasteiger partial charge in [-0.25, -0.2) is 31.7 Å². The molecule has 3 aromatic carbocycles. The van der Waals surface area contributed by atoms with Crippen LogP contribution in [0.5, 0.6) is 0 Å². The molecule has 11 heteroatoms. The first kappa shape index (κ1) is 31.7. The molecule has 0 radical (unpaired) electrons. The van der Waals surface area contributed by atoms with Crippen molar-refractivity contribution in [2.24, 2.45) is 5.92 Å². The molecule has 0 unspecified atom stereocenters. The molecular formula is C35H33F2N3O4S2. The van der Waals surface area contributed by atoms with Crippen LogP contribution in [0.1, 0.15) is 66.5 Å². The first-order valence-corrected chi connectivity index (χ1v) is 17.7. The van der Waals surface area contributed by atoms with E-state index in [9.17, 15) is 18.3 Å². The first-order valence-electron chi connectivity index (χ1n) is 14.9. The molecule has 7 nitrogen and oxygen atoms in total. The molecule has 6 rings (SSSR count). The molecule has 2 heterocycles. The van der Waals surface area contributed by atoms with E-state index in [4.69, 9.17) is 5.10 Å². The van der Waals surface area contributed by atoms with E-state index in [-0.39, 0.29) is 22.4 Å². The van der Waals surface area contributed by atoms with E-state index in [1.807, 2.05) is 24.3 Å². The normalized spacial score (nSPS) is 13.7. The number of benzene rings is 3. The Labute approximate surface area is 270 Å². The van der Waals surface area contributed by atoms with Crippen molar-refractivity contribution in [2.45, 2.75) is 56.8 Å². The van der Waals surface area contributed by atoms with Crippen LogP contribution >= 0.6 is 11.3 Å². The Bertz CT molecular complexity index is 2070. The van der Waals surface area contributed by atoms with Gasteiger partial charge in [-0.3, -0.25) is 0 Å². The van der Waals surface area contributed by atoms with Crippen LogP contribution in [0.4, 0.5) is 8.78 Å². The van der Waals surface area contributed by atoms with Gasteiger partial charge < -0.3 is 5.11 Å². The number of carboxylic acids is 1. The molecule has 238 valence electrons. The van der Waals surface area contributed by atoms with Gasteiger partial charge in [0.25, 0.3) is 0 Å².